The maximum atomic E-state index is 3.78. The third-order valence-corrected chi connectivity index (χ3v) is 7.82. The first-order chi connectivity index (χ1) is 5.54. The van der Waals surface area contributed by atoms with Crippen molar-refractivity contribution in [2.24, 2.45) is 0 Å². The zero-order chi connectivity index (χ0) is 9.19. The van der Waals surface area contributed by atoms with Crippen molar-refractivity contribution < 1.29 is 0 Å². The van der Waals surface area contributed by atoms with Crippen molar-refractivity contribution in [2.45, 2.75) is 14.8 Å². The van der Waals surface area contributed by atoms with E-state index in [1.807, 2.05) is 6.08 Å². The molecular formula is C11H16Sn. The van der Waals surface area contributed by atoms with Gasteiger partial charge in [0.15, 0.2) is 0 Å². The normalized spacial score (nSPS) is 11.2. The molecule has 0 radical (unpaired) electrons. The van der Waals surface area contributed by atoms with Crippen LogP contribution in [0.1, 0.15) is 5.56 Å². The van der Waals surface area contributed by atoms with E-state index in [0.29, 0.717) is 0 Å². The van der Waals surface area contributed by atoms with Crippen LogP contribution in [-0.2, 0) is 0 Å². The Kier molecular flexibility index (Phi) is 2.99. The quantitative estimate of drug-likeness (QED) is 0.723. The third-order valence-electron chi connectivity index (χ3n) is 1.99. The summed E-state index contributed by atoms with van der Waals surface area (Å²) < 4.78 is 1.57. The van der Waals surface area contributed by atoms with E-state index in [2.05, 4.69) is 45.7 Å². The van der Waals surface area contributed by atoms with Gasteiger partial charge in [0.1, 0.15) is 0 Å². The van der Waals surface area contributed by atoms with E-state index in [9.17, 15) is 0 Å². The molecule has 0 nitrogen and oxygen atoms in total. The van der Waals surface area contributed by atoms with Crippen LogP contribution in [0.2, 0.25) is 14.8 Å². The Bertz CT molecular complexity index is 281. The molecule has 0 aliphatic carbocycles. The fourth-order valence-electron chi connectivity index (χ4n) is 1.13. The van der Waals surface area contributed by atoms with E-state index in [0.717, 1.165) is 0 Å². The Hall–Kier alpha value is -0.241. The molecule has 0 saturated carbocycles. The molecule has 0 aliphatic rings. The Labute approximate surface area is 79.2 Å². The maximum absolute atomic E-state index is 3.78. The molecule has 1 aromatic carbocycles. The van der Waals surface area contributed by atoms with Crippen molar-refractivity contribution in [3.05, 3.63) is 36.4 Å². The van der Waals surface area contributed by atoms with Crippen LogP contribution in [-0.4, -0.2) is 18.4 Å². The van der Waals surface area contributed by atoms with Gasteiger partial charge in [-0.1, -0.05) is 0 Å². The third kappa shape index (κ3) is 2.37. The van der Waals surface area contributed by atoms with Crippen molar-refractivity contribution in [1.82, 2.24) is 0 Å². The van der Waals surface area contributed by atoms with Crippen LogP contribution in [0.3, 0.4) is 0 Å². The Balaban J connectivity index is 3.10. The zero-order valence-electron chi connectivity index (χ0n) is 8.09. The molecule has 1 aromatic rings. The van der Waals surface area contributed by atoms with Crippen molar-refractivity contribution in [2.75, 3.05) is 0 Å². The molecule has 64 valence electrons. The van der Waals surface area contributed by atoms with Gasteiger partial charge in [-0.25, -0.2) is 0 Å². The predicted molar refractivity (Wildman–Crippen MR) is 59.5 cm³/mol. The first-order valence-electron chi connectivity index (χ1n) is 4.27. The first kappa shape index (κ1) is 9.84. The van der Waals surface area contributed by atoms with Gasteiger partial charge in [-0.05, 0) is 0 Å². The molecule has 1 heteroatoms. The van der Waals surface area contributed by atoms with Gasteiger partial charge in [-0.3, -0.25) is 0 Å². The molecular weight excluding hydrogens is 251 g/mol. The minimum atomic E-state index is -1.83. The number of benzene rings is 1. The average Bonchev–Trinajstić information content (AvgIpc) is 2.03. The fourth-order valence-corrected chi connectivity index (χ4v) is 4.55. The topological polar surface area (TPSA) is 0 Å². The van der Waals surface area contributed by atoms with Crippen LogP contribution in [0.25, 0.3) is 6.08 Å². The molecule has 0 heterocycles. The summed E-state index contributed by atoms with van der Waals surface area (Å²) in [6.07, 6.45) is 1.92. The predicted octanol–water partition coefficient (Wildman–Crippen LogP) is 2.87. The second kappa shape index (κ2) is 3.65. The molecule has 12 heavy (non-hydrogen) atoms. The van der Waals surface area contributed by atoms with Crippen molar-refractivity contribution in [3.63, 3.8) is 0 Å². The molecule has 0 spiro atoms. The minimum absolute atomic E-state index is 1.25. The summed E-state index contributed by atoms with van der Waals surface area (Å²) in [6.45, 7) is 3.78. The average molecular weight is 267 g/mol. The summed E-state index contributed by atoms with van der Waals surface area (Å²) in [6, 6.07) is 8.77. The van der Waals surface area contributed by atoms with E-state index in [4.69, 9.17) is 0 Å². The molecule has 1 rings (SSSR count). The Morgan fingerprint density at radius 2 is 1.92 bits per heavy atom. The van der Waals surface area contributed by atoms with E-state index in [1.165, 1.54) is 5.56 Å². The molecule has 0 aromatic heterocycles. The van der Waals surface area contributed by atoms with E-state index < -0.39 is 18.4 Å². The summed E-state index contributed by atoms with van der Waals surface area (Å²) in [7, 11) is 0. The SMILES string of the molecule is C=Cc1ccc[c]([Sn]([CH3])([CH3])[CH3])c1. The van der Waals surface area contributed by atoms with Gasteiger partial charge >= 0.3 is 79.3 Å². The first-order valence-corrected chi connectivity index (χ1v) is 14.3. The van der Waals surface area contributed by atoms with E-state index in [-0.39, 0.29) is 0 Å². The number of hydrogen-bond acceptors (Lipinski definition) is 0. The summed E-state index contributed by atoms with van der Waals surface area (Å²) in [5.41, 5.74) is 1.25. The van der Waals surface area contributed by atoms with Crippen molar-refractivity contribution in [3.8, 4) is 0 Å². The molecule has 0 fully saturated rings. The molecule has 0 N–H and O–H groups in total. The van der Waals surface area contributed by atoms with Gasteiger partial charge in [0.25, 0.3) is 0 Å². The van der Waals surface area contributed by atoms with E-state index >= 15 is 0 Å². The molecule has 0 amide bonds. The number of rotatable bonds is 2. The van der Waals surface area contributed by atoms with Crippen LogP contribution < -0.4 is 3.58 Å². The molecule has 0 aliphatic heterocycles. The van der Waals surface area contributed by atoms with Crippen molar-refractivity contribution >= 4 is 28.0 Å². The Morgan fingerprint density at radius 1 is 1.25 bits per heavy atom. The molecule has 0 bridgehead atoms. The standard InChI is InChI=1S/C8H7.3CH3.Sn/c1-2-8-6-4-3-5-7-8;;;;/h2-4,6-7H,1H2;3*1H3;. The van der Waals surface area contributed by atoms with Crippen LogP contribution in [0.15, 0.2) is 30.8 Å². The van der Waals surface area contributed by atoms with Gasteiger partial charge in [-0.15, -0.1) is 0 Å². The van der Waals surface area contributed by atoms with Crippen molar-refractivity contribution in [1.29, 1.82) is 0 Å². The van der Waals surface area contributed by atoms with Crippen LogP contribution >= 0.6 is 0 Å². The van der Waals surface area contributed by atoms with Gasteiger partial charge in [0, 0.05) is 0 Å². The fraction of sp³-hybridized carbons (Fsp3) is 0.273. The second-order valence-corrected chi connectivity index (χ2v) is 18.6. The number of hydrogen-bond donors (Lipinski definition) is 0. The summed E-state index contributed by atoms with van der Waals surface area (Å²) in [5.74, 6) is 0. The van der Waals surface area contributed by atoms with Gasteiger partial charge in [0.2, 0.25) is 0 Å². The van der Waals surface area contributed by atoms with Crippen LogP contribution in [0.5, 0.6) is 0 Å². The van der Waals surface area contributed by atoms with E-state index in [1.54, 1.807) is 3.58 Å². The second-order valence-electron chi connectivity index (χ2n) is 4.08. The molecule has 0 saturated heterocycles. The van der Waals surface area contributed by atoms with Gasteiger partial charge in [-0.2, -0.15) is 0 Å². The van der Waals surface area contributed by atoms with Gasteiger partial charge in [0.05, 0.1) is 0 Å². The van der Waals surface area contributed by atoms with Crippen LogP contribution in [0, 0.1) is 0 Å². The Morgan fingerprint density at radius 3 is 2.42 bits per heavy atom. The molecule has 0 unspecified atom stereocenters. The monoisotopic (exact) mass is 268 g/mol. The zero-order valence-corrected chi connectivity index (χ0v) is 10.9. The summed E-state index contributed by atoms with van der Waals surface area (Å²) in [5, 5.41) is 0. The summed E-state index contributed by atoms with van der Waals surface area (Å²) >= 11 is -1.83. The molecule has 0 atom stereocenters. The summed E-state index contributed by atoms with van der Waals surface area (Å²) in [4.78, 5) is 7.28. The van der Waals surface area contributed by atoms with Gasteiger partial charge < -0.3 is 0 Å². The van der Waals surface area contributed by atoms with Crippen LogP contribution in [0.4, 0.5) is 0 Å².